The lowest BCUT2D eigenvalue weighted by atomic mass is 9.50. The van der Waals surface area contributed by atoms with Crippen LogP contribution >= 0.6 is 0 Å². The molecule has 1 spiro atoms. The molecule has 2 aliphatic carbocycles. The fourth-order valence-corrected chi connectivity index (χ4v) is 4.68. The van der Waals surface area contributed by atoms with Gasteiger partial charge in [0.2, 0.25) is 0 Å². The monoisotopic (exact) mass is 374 g/mol. The van der Waals surface area contributed by atoms with Crippen molar-refractivity contribution in [1.29, 1.82) is 0 Å². The van der Waals surface area contributed by atoms with Gasteiger partial charge in [-0.25, -0.2) is 4.79 Å². The van der Waals surface area contributed by atoms with Gasteiger partial charge < -0.3 is 20.1 Å². The molecule has 1 aromatic carbocycles. The molecule has 3 rings (SSSR count). The molecule has 0 radical (unpaired) electrons. The molecule has 2 amide bonds. The Morgan fingerprint density at radius 3 is 2.59 bits per heavy atom. The molecule has 148 valence electrons. The summed E-state index contributed by atoms with van der Waals surface area (Å²) in [6.45, 7) is 0. The number of urea groups is 1. The number of carboxylic acid groups (broad SMARTS) is 1. The summed E-state index contributed by atoms with van der Waals surface area (Å²) >= 11 is 0. The van der Waals surface area contributed by atoms with Crippen LogP contribution in [0.15, 0.2) is 30.3 Å². The zero-order chi connectivity index (χ0) is 19.4. The van der Waals surface area contributed by atoms with Gasteiger partial charge in [-0.2, -0.15) is 0 Å². The quantitative estimate of drug-likeness (QED) is 0.733. The standard InChI is InChI=1S/C21H30N2O4/c1-23(17-14-18(27-2)21(17)11-6-12-21)20(26)22-16(9-10-19(24)25)13-15-7-4-3-5-8-15/h3-5,7-8,16-18H,6,9-14H2,1-2H3,(H,22,26)(H,24,25). The zero-order valence-electron chi connectivity index (χ0n) is 16.2. The Morgan fingerprint density at radius 2 is 2.04 bits per heavy atom. The van der Waals surface area contributed by atoms with Crippen LogP contribution < -0.4 is 5.32 Å². The van der Waals surface area contributed by atoms with Gasteiger partial charge in [0.1, 0.15) is 0 Å². The van der Waals surface area contributed by atoms with Gasteiger partial charge in [-0.3, -0.25) is 4.79 Å². The topological polar surface area (TPSA) is 78.9 Å². The number of benzene rings is 1. The molecule has 27 heavy (non-hydrogen) atoms. The minimum absolute atomic E-state index is 0.0423. The molecule has 0 aliphatic heterocycles. The van der Waals surface area contributed by atoms with Crippen molar-refractivity contribution in [1.82, 2.24) is 10.2 Å². The summed E-state index contributed by atoms with van der Waals surface area (Å²) in [7, 11) is 3.60. The van der Waals surface area contributed by atoms with Gasteiger partial charge in [-0.1, -0.05) is 36.8 Å². The molecule has 2 fully saturated rings. The van der Waals surface area contributed by atoms with E-state index in [4.69, 9.17) is 9.84 Å². The van der Waals surface area contributed by atoms with Gasteiger partial charge in [0.25, 0.3) is 0 Å². The molecule has 2 aliphatic rings. The van der Waals surface area contributed by atoms with Crippen LogP contribution in [0.5, 0.6) is 0 Å². The summed E-state index contributed by atoms with van der Waals surface area (Å²) in [6, 6.07) is 9.75. The van der Waals surface area contributed by atoms with Crippen molar-refractivity contribution >= 4 is 12.0 Å². The third-order valence-corrected chi connectivity index (χ3v) is 6.46. The fraction of sp³-hybridized carbons (Fsp3) is 0.619. The van der Waals surface area contributed by atoms with Crippen LogP contribution in [0.3, 0.4) is 0 Å². The lowest BCUT2D eigenvalue weighted by Crippen LogP contribution is -2.68. The van der Waals surface area contributed by atoms with E-state index in [9.17, 15) is 9.59 Å². The molecule has 0 heterocycles. The minimum Gasteiger partial charge on any atom is -0.481 e. The largest absolute Gasteiger partial charge is 0.481 e. The Kier molecular flexibility index (Phi) is 6.05. The lowest BCUT2D eigenvalue weighted by molar-refractivity contribution is -0.182. The van der Waals surface area contributed by atoms with Crippen molar-refractivity contribution in [2.45, 2.75) is 63.1 Å². The normalized spacial score (nSPS) is 23.8. The average Bonchev–Trinajstić information content (AvgIpc) is 2.58. The highest BCUT2D eigenvalue weighted by Crippen LogP contribution is 2.58. The van der Waals surface area contributed by atoms with Crippen LogP contribution in [0.25, 0.3) is 0 Å². The second-order valence-electron chi connectivity index (χ2n) is 7.94. The van der Waals surface area contributed by atoms with Crippen LogP contribution in [0.2, 0.25) is 0 Å². The summed E-state index contributed by atoms with van der Waals surface area (Å²) in [4.78, 5) is 25.7. The van der Waals surface area contributed by atoms with Crippen molar-refractivity contribution in [2.75, 3.05) is 14.2 Å². The number of methoxy groups -OCH3 is 1. The highest BCUT2D eigenvalue weighted by molar-refractivity contribution is 5.75. The summed E-state index contributed by atoms with van der Waals surface area (Å²) in [6.07, 6.45) is 5.63. The number of carboxylic acids is 1. The Labute approximate surface area is 160 Å². The van der Waals surface area contributed by atoms with E-state index in [1.165, 1.54) is 6.42 Å². The number of rotatable bonds is 8. The minimum atomic E-state index is -0.842. The first-order valence-electron chi connectivity index (χ1n) is 9.78. The van der Waals surface area contributed by atoms with Gasteiger partial charge in [0, 0.05) is 38.1 Å². The second kappa shape index (κ2) is 8.30. The first-order chi connectivity index (χ1) is 13.0. The number of amides is 2. The maximum atomic E-state index is 12.9. The van der Waals surface area contributed by atoms with Crippen molar-refractivity contribution < 1.29 is 19.4 Å². The van der Waals surface area contributed by atoms with Crippen LogP contribution in [-0.4, -0.2) is 54.4 Å². The molecule has 1 aromatic rings. The molecule has 2 N–H and O–H groups in total. The van der Waals surface area contributed by atoms with Gasteiger partial charge >= 0.3 is 12.0 Å². The molecule has 3 atom stereocenters. The van der Waals surface area contributed by atoms with E-state index in [1.807, 2.05) is 42.3 Å². The van der Waals surface area contributed by atoms with Crippen LogP contribution in [0.1, 0.15) is 44.1 Å². The maximum absolute atomic E-state index is 12.9. The number of hydrogen-bond acceptors (Lipinski definition) is 3. The van der Waals surface area contributed by atoms with Crippen LogP contribution in [-0.2, 0) is 16.0 Å². The van der Waals surface area contributed by atoms with E-state index < -0.39 is 5.97 Å². The van der Waals surface area contributed by atoms with Crippen molar-refractivity contribution in [3.05, 3.63) is 35.9 Å². The number of aliphatic carboxylic acids is 1. The SMILES string of the molecule is COC1CC(N(C)C(=O)NC(CCC(=O)O)Cc2ccccc2)C12CCC2. The number of nitrogens with one attached hydrogen (secondary N) is 1. The Morgan fingerprint density at radius 1 is 1.33 bits per heavy atom. The molecule has 3 unspecified atom stereocenters. The summed E-state index contributed by atoms with van der Waals surface area (Å²) < 4.78 is 5.61. The molecular weight excluding hydrogens is 344 g/mol. The second-order valence-corrected chi connectivity index (χ2v) is 7.94. The van der Waals surface area contributed by atoms with Crippen molar-refractivity contribution in [2.24, 2.45) is 5.41 Å². The summed E-state index contributed by atoms with van der Waals surface area (Å²) in [5.74, 6) is -0.842. The molecular formula is C21H30N2O4. The average molecular weight is 374 g/mol. The zero-order valence-corrected chi connectivity index (χ0v) is 16.2. The highest BCUT2D eigenvalue weighted by Gasteiger charge is 2.60. The van der Waals surface area contributed by atoms with E-state index in [0.29, 0.717) is 12.8 Å². The molecule has 6 nitrogen and oxygen atoms in total. The van der Waals surface area contributed by atoms with Gasteiger partial charge in [0.05, 0.1) is 6.10 Å². The highest BCUT2D eigenvalue weighted by atomic mass is 16.5. The number of hydrogen-bond donors (Lipinski definition) is 2. The van der Waals surface area contributed by atoms with Gasteiger partial charge in [-0.05, 0) is 37.7 Å². The first-order valence-corrected chi connectivity index (χ1v) is 9.78. The molecule has 0 saturated heterocycles. The van der Waals surface area contributed by atoms with Gasteiger partial charge in [-0.15, -0.1) is 0 Å². The van der Waals surface area contributed by atoms with Gasteiger partial charge in [0.15, 0.2) is 0 Å². The van der Waals surface area contributed by atoms with Crippen molar-refractivity contribution in [3.8, 4) is 0 Å². The maximum Gasteiger partial charge on any atom is 0.317 e. The number of carbonyl (C=O) groups excluding carboxylic acids is 1. The predicted octanol–water partition coefficient (Wildman–Crippen LogP) is 3.06. The Balaban J connectivity index is 1.62. The van der Waals surface area contributed by atoms with Crippen LogP contribution in [0.4, 0.5) is 4.79 Å². The smallest absolute Gasteiger partial charge is 0.317 e. The van der Waals surface area contributed by atoms with E-state index >= 15 is 0 Å². The van der Waals surface area contributed by atoms with Crippen LogP contribution in [0, 0.1) is 5.41 Å². The number of carbonyl (C=O) groups is 2. The van der Waals surface area contributed by atoms with E-state index in [1.54, 1.807) is 7.11 Å². The lowest BCUT2D eigenvalue weighted by Gasteiger charge is -2.62. The first kappa shape index (κ1) is 19.7. The van der Waals surface area contributed by atoms with Crippen molar-refractivity contribution in [3.63, 3.8) is 0 Å². The number of ether oxygens (including phenoxy) is 1. The van der Waals surface area contributed by atoms with E-state index in [-0.39, 0.29) is 36.1 Å². The fourth-order valence-electron chi connectivity index (χ4n) is 4.68. The third kappa shape index (κ3) is 4.10. The predicted molar refractivity (Wildman–Crippen MR) is 103 cm³/mol. The Bertz CT molecular complexity index is 659. The number of nitrogens with zero attached hydrogens (tertiary/aromatic N) is 1. The third-order valence-electron chi connectivity index (χ3n) is 6.46. The molecule has 2 saturated carbocycles. The van der Waals surface area contributed by atoms with E-state index in [2.05, 4.69) is 5.32 Å². The Hall–Kier alpha value is -2.08. The summed E-state index contributed by atoms with van der Waals surface area (Å²) in [5.41, 5.74) is 1.21. The summed E-state index contributed by atoms with van der Waals surface area (Å²) in [5, 5.41) is 12.1. The molecule has 0 aromatic heterocycles. The molecule has 6 heteroatoms. The van der Waals surface area contributed by atoms with E-state index in [0.717, 1.165) is 24.8 Å². The molecule has 0 bridgehead atoms.